The van der Waals surface area contributed by atoms with Crippen LogP contribution in [-0.2, 0) is 10.2 Å². The van der Waals surface area contributed by atoms with Crippen LogP contribution in [0.3, 0.4) is 0 Å². The third-order valence-electron chi connectivity index (χ3n) is 9.10. The Hall–Kier alpha value is -3.66. The number of likely N-dealkylation sites (N-methyl/N-ethyl adjacent to an activating group) is 2. The van der Waals surface area contributed by atoms with Gasteiger partial charge in [0, 0.05) is 61.2 Å². The SMILES string of the molecule is CC1C(=CC=C2CCC(C=CC3=[N+](C)c4ccccc4C3(C)C)=C2N(C)C(=O)CC(C)(C)C)N(C)c2ccccc21. The molecule has 0 saturated carbocycles. The molecule has 2 aromatic rings. The number of allylic oxidation sites excluding steroid dienone is 7. The van der Waals surface area contributed by atoms with Crippen LogP contribution in [0.25, 0.3) is 0 Å². The summed E-state index contributed by atoms with van der Waals surface area (Å²) in [5, 5.41) is 0. The number of carbonyl (C=O) groups is 1. The molecule has 3 aliphatic rings. The number of benzene rings is 2. The Bertz CT molecular complexity index is 1510. The lowest BCUT2D eigenvalue weighted by molar-refractivity contribution is -0.401. The summed E-state index contributed by atoms with van der Waals surface area (Å²) < 4.78 is 2.31. The lowest BCUT2D eigenvalue weighted by atomic mass is 9.81. The summed E-state index contributed by atoms with van der Waals surface area (Å²) >= 11 is 0. The van der Waals surface area contributed by atoms with Crippen molar-refractivity contribution in [2.24, 2.45) is 5.41 Å². The second-order valence-electron chi connectivity index (χ2n) is 13.6. The Labute approximate surface area is 247 Å². The summed E-state index contributed by atoms with van der Waals surface area (Å²) in [5.41, 5.74) is 11.2. The van der Waals surface area contributed by atoms with Gasteiger partial charge in [-0.15, -0.1) is 0 Å². The molecule has 1 unspecified atom stereocenters. The summed E-state index contributed by atoms with van der Waals surface area (Å²) in [5.74, 6) is 0.496. The number of para-hydroxylation sites is 2. The average Bonchev–Trinajstić information content (AvgIpc) is 3.49. The van der Waals surface area contributed by atoms with E-state index in [4.69, 9.17) is 0 Å². The van der Waals surface area contributed by atoms with E-state index >= 15 is 0 Å². The van der Waals surface area contributed by atoms with E-state index in [2.05, 4.69) is 138 Å². The molecule has 2 aliphatic heterocycles. The number of nitrogens with zero attached hydrogens (tertiary/aromatic N) is 3. The molecule has 2 heterocycles. The summed E-state index contributed by atoms with van der Waals surface area (Å²) in [6, 6.07) is 17.3. The van der Waals surface area contributed by atoms with Gasteiger partial charge in [0.15, 0.2) is 5.71 Å². The predicted octanol–water partition coefficient (Wildman–Crippen LogP) is 8.26. The molecule has 1 amide bonds. The number of anilines is 1. The van der Waals surface area contributed by atoms with Gasteiger partial charge in [0.25, 0.3) is 0 Å². The van der Waals surface area contributed by atoms with Crippen LogP contribution >= 0.6 is 0 Å². The minimum atomic E-state index is -0.0869. The van der Waals surface area contributed by atoms with Crippen molar-refractivity contribution in [3.05, 3.63) is 107 Å². The highest BCUT2D eigenvalue weighted by Crippen LogP contribution is 2.43. The normalized spacial score (nSPS) is 22.0. The molecule has 4 nitrogen and oxygen atoms in total. The lowest BCUT2D eigenvalue weighted by Crippen LogP contribution is -2.30. The molecule has 4 heteroatoms. The van der Waals surface area contributed by atoms with Gasteiger partial charge in [0.05, 0.1) is 5.41 Å². The van der Waals surface area contributed by atoms with Gasteiger partial charge >= 0.3 is 0 Å². The molecule has 214 valence electrons. The summed E-state index contributed by atoms with van der Waals surface area (Å²) in [6.07, 6.45) is 11.4. The van der Waals surface area contributed by atoms with Crippen molar-refractivity contribution in [2.45, 2.75) is 72.1 Å². The largest absolute Gasteiger partial charge is 0.347 e. The van der Waals surface area contributed by atoms with E-state index in [9.17, 15) is 4.79 Å². The minimum absolute atomic E-state index is 0.0711. The Morgan fingerprint density at radius 3 is 2.41 bits per heavy atom. The first-order chi connectivity index (χ1) is 19.3. The van der Waals surface area contributed by atoms with E-state index < -0.39 is 0 Å². The smallest absolute Gasteiger partial charge is 0.227 e. The van der Waals surface area contributed by atoms with Crippen LogP contribution in [-0.4, -0.2) is 42.2 Å². The van der Waals surface area contributed by atoms with Crippen LogP contribution in [0, 0.1) is 5.41 Å². The van der Waals surface area contributed by atoms with Gasteiger partial charge in [-0.3, -0.25) is 4.79 Å². The van der Waals surface area contributed by atoms with Crippen LogP contribution in [0.2, 0.25) is 0 Å². The third-order valence-corrected chi connectivity index (χ3v) is 9.10. The Morgan fingerprint density at radius 1 is 1.05 bits per heavy atom. The summed E-state index contributed by atoms with van der Waals surface area (Å²) in [6.45, 7) is 13.3. The molecule has 41 heavy (non-hydrogen) atoms. The molecular weight excluding hydrogens is 502 g/mol. The molecule has 2 aromatic carbocycles. The first-order valence-electron chi connectivity index (χ1n) is 14.9. The lowest BCUT2D eigenvalue weighted by Gasteiger charge is -2.26. The van der Waals surface area contributed by atoms with Crippen molar-refractivity contribution in [3.8, 4) is 0 Å². The average molecular weight is 549 g/mol. The summed E-state index contributed by atoms with van der Waals surface area (Å²) in [7, 11) is 6.27. The van der Waals surface area contributed by atoms with Gasteiger partial charge in [-0.1, -0.05) is 76.2 Å². The molecule has 1 atom stereocenters. The maximum atomic E-state index is 13.5. The maximum Gasteiger partial charge on any atom is 0.227 e. The van der Waals surface area contributed by atoms with Gasteiger partial charge in [-0.2, -0.15) is 4.58 Å². The van der Waals surface area contributed by atoms with Crippen LogP contribution in [0.5, 0.6) is 0 Å². The maximum absolute atomic E-state index is 13.5. The van der Waals surface area contributed by atoms with Crippen LogP contribution < -0.4 is 4.90 Å². The molecule has 0 bridgehead atoms. The van der Waals surface area contributed by atoms with Crippen molar-refractivity contribution < 1.29 is 9.37 Å². The molecule has 0 fully saturated rings. The highest BCUT2D eigenvalue weighted by Gasteiger charge is 2.42. The van der Waals surface area contributed by atoms with Crippen LogP contribution in [0.1, 0.15) is 77.8 Å². The van der Waals surface area contributed by atoms with Crippen LogP contribution in [0.15, 0.2) is 95.4 Å². The topological polar surface area (TPSA) is 26.6 Å². The zero-order chi connectivity index (χ0) is 29.7. The van der Waals surface area contributed by atoms with Gasteiger partial charge in [0.1, 0.15) is 7.05 Å². The first kappa shape index (κ1) is 28.9. The fourth-order valence-electron chi connectivity index (χ4n) is 6.84. The van der Waals surface area contributed by atoms with Crippen molar-refractivity contribution in [1.82, 2.24) is 4.90 Å². The van der Waals surface area contributed by atoms with Gasteiger partial charge < -0.3 is 9.80 Å². The van der Waals surface area contributed by atoms with E-state index in [1.54, 1.807) is 0 Å². The van der Waals surface area contributed by atoms with Gasteiger partial charge in [-0.05, 0) is 61.0 Å². The molecule has 0 N–H and O–H groups in total. The van der Waals surface area contributed by atoms with E-state index in [0.29, 0.717) is 12.3 Å². The van der Waals surface area contributed by atoms with Crippen molar-refractivity contribution in [1.29, 1.82) is 0 Å². The number of amides is 1. The number of hydrogen-bond donors (Lipinski definition) is 0. The number of hydrogen-bond acceptors (Lipinski definition) is 2. The highest BCUT2D eigenvalue weighted by atomic mass is 16.2. The quantitative estimate of drug-likeness (QED) is 0.352. The van der Waals surface area contributed by atoms with E-state index in [-0.39, 0.29) is 16.7 Å². The van der Waals surface area contributed by atoms with E-state index in [0.717, 1.165) is 18.5 Å². The zero-order valence-electron chi connectivity index (χ0n) is 26.4. The zero-order valence-corrected chi connectivity index (χ0v) is 26.4. The Balaban J connectivity index is 1.54. The minimum Gasteiger partial charge on any atom is -0.347 e. The molecule has 0 aromatic heterocycles. The van der Waals surface area contributed by atoms with Crippen molar-refractivity contribution >= 4 is 23.0 Å². The molecule has 0 radical (unpaired) electrons. The first-order valence-corrected chi connectivity index (χ1v) is 14.9. The number of carbonyl (C=O) groups excluding carboxylic acids is 1. The third kappa shape index (κ3) is 5.25. The van der Waals surface area contributed by atoms with E-state index in [1.165, 1.54) is 45.1 Å². The number of fused-ring (bicyclic) bond motifs is 2. The highest BCUT2D eigenvalue weighted by molar-refractivity contribution is 6.03. The standard InChI is InChI=1S/C37H46N3O/c1-25-28-14-10-12-16-31(28)38(7)30(25)22-20-26-18-19-27(35(26)40(9)34(41)24-36(2,3)4)21-23-33-37(5,6)29-15-11-13-17-32(29)39(33)8/h10-17,20-23,25H,18-19,24H2,1-9H3/q+1. The summed E-state index contributed by atoms with van der Waals surface area (Å²) in [4.78, 5) is 17.7. The fraction of sp³-hybridized carbons (Fsp3) is 0.405. The second kappa shape index (κ2) is 10.6. The van der Waals surface area contributed by atoms with Crippen molar-refractivity contribution in [2.75, 3.05) is 26.0 Å². The van der Waals surface area contributed by atoms with Gasteiger partial charge in [-0.25, -0.2) is 0 Å². The van der Waals surface area contributed by atoms with Gasteiger partial charge in [0.2, 0.25) is 11.6 Å². The molecule has 1 aliphatic carbocycles. The molecule has 0 saturated heterocycles. The second-order valence-corrected chi connectivity index (χ2v) is 13.6. The molecule has 5 rings (SSSR count). The Morgan fingerprint density at radius 2 is 1.73 bits per heavy atom. The van der Waals surface area contributed by atoms with Crippen LogP contribution in [0.4, 0.5) is 11.4 Å². The van der Waals surface area contributed by atoms with E-state index in [1.807, 2.05) is 11.9 Å². The molecule has 0 spiro atoms. The Kier molecular flexibility index (Phi) is 7.48. The van der Waals surface area contributed by atoms with Crippen molar-refractivity contribution in [3.63, 3.8) is 0 Å². The predicted molar refractivity (Wildman–Crippen MR) is 172 cm³/mol. The molecular formula is C37H46N3O+. The fourth-order valence-corrected chi connectivity index (χ4v) is 6.84. The number of rotatable bonds is 5. The monoisotopic (exact) mass is 548 g/mol.